The van der Waals surface area contributed by atoms with Crippen LogP contribution in [0.2, 0.25) is 0 Å². The second kappa shape index (κ2) is 9.11. The molecule has 2 aromatic carbocycles. The topological polar surface area (TPSA) is 76.1 Å². The van der Waals surface area contributed by atoms with Crippen molar-refractivity contribution in [2.45, 2.75) is 30.7 Å². The van der Waals surface area contributed by atoms with Crippen molar-refractivity contribution in [1.29, 1.82) is 0 Å². The average molecular weight is 516 g/mol. The number of ether oxygens (including phenoxy) is 2. The van der Waals surface area contributed by atoms with Crippen LogP contribution >= 0.6 is 0 Å². The van der Waals surface area contributed by atoms with Crippen molar-refractivity contribution < 1.29 is 40.6 Å². The monoisotopic (exact) mass is 515 g/mol. The molecule has 0 radical (unpaired) electrons. The van der Waals surface area contributed by atoms with E-state index in [1.165, 1.54) is 31.3 Å². The number of aliphatic hydroxyl groups is 1. The Morgan fingerprint density at radius 2 is 1.89 bits per heavy atom. The highest BCUT2D eigenvalue weighted by molar-refractivity contribution is 7.92. The summed E-state index contributed by atoms with van der Waals surface area (Å²) in [5.41, 5.74) is 0.442. The number of sulfonamides is 1. The summed E-state index contributed by atoms with van der Waals surface area (Å²) in [6.07, 6.45) is -1.13. The molecule has 0 bridgehead atoms. The van der Waals surface area contributed by atoms with Crippen molar-refractivity contribution in [3.05, 3.63) is 65.5 Å². The zero-order valence-electron chi connectivity index (χ0n) is 19.0. The Kier molecular flexibility index (Phi) is 6.62. The number of aliphatic hydroxyl groups excluding tert-OH is 1. The summed E-state index contributed by atoms with van der Waals surface area (Å²) >= 11 is 0. The minimum absolute atomic E-state index is 0.0455. The molecule has 4 rings (SSSR count). The van der Waals surface area contributed by atoms with Crippen LogP contribution in [0, 0.1) is 11.7 Å². The fourth-order valence-corrected chi connectivity index (χ4v) is 5.49. The fourth-order valence-electron chi connectivity index (χ4n) is 4.99. The highest BCUT2D eigenvalue weighted by Gasteiger charge is 2.51. The molecule has 6 nitrogen and oxygen atoms in total. The highest BCUT2D eigenvalue weighted by Crippen LogP contribution is 2.54. The second-order valence-electron chi connectivity index (χ2n) is 8.88. The first-order valence-electron chi connectivity index (χ1n) is 10.9. The van der Waals surface area contributed by atoms with Gasteiger partial charge in [0.2, 0.25) is 10.0 Å². The van der Waals surface area contributed by atoms with E-state index >= 15 is 0 Å². The number of halogens is 4. The van der Waals surface area contributed by atoms with E-state index in [0.717, 1.165) is 22.2 Å². The Hall–Kier alpha value is -2.63. The van der Waals surface area contributed by atoms with Gasteiger partial charge >= 0.3 is 6.36 Å². The van der Waals surface area contributed by atoms with E-state index in [-0.39, 0.29) is 36.3 Å². The van der Waals surface area contributed by atoms with E-state index in [2.05, 4.69) is 4.74 Å². The molecule has 1 aliphatic heterocycles. The van der Waals surface area contributed by atoms with Gasteiger partial charge in [0.15, 0.2) is 0 Å². The van der Waals surface area contributed by atoms with E-state index in [0.29, 0.717) is 18.4 Å². The molecule has 0 aromatic heterocycles. The third-order valence-corrected chi connectivity index (χ3v) is 7.88. The lowest BCUT2D eigenvalue weighted by Crippen LogP contribution is -2.33. The Labute approximate surface area is 200 Å². The first kappa shape index (κ1) is 25.5. The van der Waals surface area contributed by atoms with Crippen LogP contribution in [0.15, 0.2) is 48.5 Å². The number of nitrogens with zero attached hydrogens (tertiary/aromatic N) is 1. The summed E-state index contributed by atoms with van der Waals surface area (Å²) in [6, 6.07) is 9.49. The quantitative estimate of drug-likeness (QED) is 0.575. The predicted octanol–water partition coefficient (Wildman–Crippen LogP) is 4.46. The SMILES string of the molecule is CN(c1ccc(OC(F)(F)F)c(C2=C[C@@]3(CCC(CO)[C@H]3c3ccc(F)cc3)OC2)c1)S(C)(=O)=O. The lowest BCUT2D eigenvalue weighted by atomic mass is 9.80. The minimum atomic E-state index is -4.96. The zero-order chi connectivity index (χ0) is 25.6. The highest BCUT2D eigenvalue weighted by atomic mass is 32.2. The molecule has 2 aromatic rings. The molecule has 1 spiro atoms. The van der Waals surface area contributed by atoms with Crippen molar-refractivity contribution in [2.24, 2.45) is 5.92 Å². The van der Waals surface area contributed by atoms with Gasteiger partial charge in [-0.15, -0.1) is 13.2 Å². The average Bonchev–Trinajstić information content (AvgIpc) is 3.36. The Bertz CT molecular complexity index is 1230. The van der Waals surface area contributed by atoms with E-state index in [1.54, 1.807) is 18.2 Å². The van der Waals surface area contributed by atoms with Gasteiger partial charge in [-0.2, -0.15) is 0 Å². The molecule has 1 unspecified atom stereocenters. The maximum absolute atomic E-state index is 13.5. The van der Waals surface area contributed by atoms with Gasteiger partial charge in [-0.3, -0.25) is 4.31 Å². The predicted molar refractivity (Wildman–Crippen MR) is 122 cm³/mol. The van der Waals surface area contributed by atoms with Gasteiger partial charge in [-0.25, -0.2) is 12.8 Å². The van der Waals surface area contributed by atoms with Crippen LogP contribution in [0.3, 0.4) is 0 Å². The number of benzene rings is 2. The summed E-state index contributed by atoms with van der Waals surface area (Å²) in [4.78, 5) is 0. The van der Waals surface area contributed by atoms with E-state index in [9.17, 15) is 31.1 Å². The molecule has 35 heavy (non-hydrogen) atoms. The molecule has 0 saturated heterocycles. The molecule has 3 atom stereocenters. The van der Waals surface area contributed by atoms with Gasteiger partial charge in [0.25, 0.3) is 0 Å². The van der Waals surface area contributed by atoms with E-state index in [4.69, 9.17) is 4.74 Å². The molecule has 1 aliphatic carbocycles. The zero-order valence-corrected chi connectivity index (χ0v) is 19.9. The Balaban J connectivity index is 1.80. The van der Waals surface area contributed by atoms with Crippen LogP contribution in [0.1, 0.15) is 29.9 Å². The fraction of sp³-hybridized carbons (Fsp3) is 0.417. The van der Waals surface area contributed by atoms with Crippen LogP contribution in [-0.4, -0.2) is 52.0 Å². The first-order chi connectivity index (χ1) is 16.3. The van der Waals surface area contributed by atoms with Crippen molar-refractivity contribution in [3.8, 4) is 5.75 Å². The summed E-state index contributed by atoms with van der Waals surface area (Å²) in [5, 5.41) is 9.97. The number of alkyl halides is 3. The number of hydrogen-bond donors (Lipinski definition) is 1. The van der Waals surface area contributed by atoms with Crippen LogP contribution in [-0.2, 0) is 14.8 Å². The summed E-state index contributed by atoms with van der Waals surface area (Å²) in [7, 11) is -2.37. The molecule has 1 N–H and O–H groups in total. The normalized spacial score (nSPS) is 24.6. The minimum Gasteiger partial charge on any atom is -0.405 e. The molecule has 2 aliphatic rings. The van der Waals surface area contributed by atoms with Crippen LogP contribution in [0.25, 0.3) is 5.57 Å². The van der Waals surface area contributed by atoms with E-state index in [1.807, 2.05) is 0 Å². The van der Waals surface area contributed by atoms with Gasteiger partial charge in [0.1, 0.15) is 11.6 Å². The smallest absolute Gasteiger partial charge is 0.405 e. The van der Waals surface area contributed by atoms with Gasteiger partial charge in [-0.1, -0.05) is 12.1 Å². The standard InChI is InChI=1S/C24H25F4NO5S/c1-29(35(2,31)32)19-7-8-21(34-24(26,27)28)20(11-19)17-12-23(33-14-17)10-9-16(13-30)22(23)15-3-5-18(25)6-4-15/h3-8,11-12,16,22,30H,9-10,13-14H2,1-2H3/t16?,22-,23-/m1/s1. The molecule has 1 saturated carbocycles. The van der Waals surface area contributed by atoms with Gasteiger partial charge in [-0.05, 0) is 66.3 Å². The van der Waals surface area contributed by atoms with Crippen LogP contribution < -0.4 is 9.04 Å². The largest absolute Gasteiger partial charge is 0.573 e. The van der Waals surface area contributed by atoms with E-state index < -0.39 is 33.6 Å². The van der Waals surface area contributed by atoms with Gasteiger partial charge in [0.05, 0.1) is 24.2 Å². The maximum atomic E-state index is 13.5. The van der Waals surface area contributed by atoms with Crippen molar-refractivity contribution in [1.82, 2.24) is 0 Å². The molecule has 190 valence electrons. The van der Waals surface area contributed by atoms with Crippen LogP contribution in [0.4, 0.5) is 23.2 Å². The van der Waals surface area contributed by atoms with Gasteiger partial charge in [0, 0.05) is 25.1 Å². The molecular weight excluding hydrogens is 490 g/mol. The number of anilines is 1. The molecule has 0 amide bonds. The summed E-state index contributed by atoms with van der Waals surface area (Å²) < 4.78 is 88.3. The molecule has 1 fully saturated rings. The molecular formula is C24H25F4NO5S. The van der Waals surface area contributed by atoms with Crippen molar-refractivity contribution in [2.75, 3.05) is 30.8 Å². The Morgan fingerprint density at radius 3 is 2.49 bits per heavy atom. The van der Waals surface area contributed by atoms with Gasteiger partial charge < -0.3 is 14.6 Å². The first-order valence-corrected chi connectivity index (χ1v) is 12.7. The molecule has 1 heterocycles. The van der Waals surface area contributed by atoms with Crippen molar-refractivity contribution in [3.63, 3.8) is 0 Å². The lowest BCUT2D eigenvalue weighted by molar-refractivity contribution is -0.274. The maximum Gasteiger partial charge on any atom is 0.573 e. The third kappa shape index (κ3) is 5.17. The summed E-state index contributed by atoms with van der Waals surface area (Å²) in [5.74, 6) is -1.43. The number of hydrogen-bond acceptors (Lipinski definition) is 5. The number of rotatable bonds is 6. The second-order valence-corrected chi connectivity index (χ2v) is 10.9. The third-order valence-electron chi connectivity index (χ3n) is 6.68. The Morgan fingerprint density at radius 1 is 1.20 bits per heavy atom. The summed E-state index contributed by atoms with van der Waals surface area (Å²) in [6.45, 7) is -0.177. The van der Waals surface area contributed by atoms with Crippen LogP contribution in [0.5, 0.6) is 5.75 Å². The van der Waals surface area contributed by atoms with Crippen molar-refractivity contribution >= 4 is 21.3 Å². The molecule has 11 heteroatoms. The lowest BCUT2D eigenvalue weighted by Gasteiger charge is -2.32.